The molecule has 2 heterocycles. The molecular weight excluding hydrogens is 639 g/mol. The van der Waals surface area contributed by atoms with Crippen molar-refractivity contribution in [3.63, 3.8) is 0 Å². The van der Waals surface area contributed by atoms with Gasteiger partial charge < -0.3 is 19.1 Å². The van der Waals surface area contributed by atoms with Gasteiger partial charge in [-0.25, -0.2) is 4.98 Å². The zero-order valence-electron chi connectivity index (χ0n) is 25.1. The number of carbonyl (C=O) groups excluding carboxylic acids is 1. The van der Waals surface area contributed by atoms with Crippen molar-refractivity contribution in [3.8, 4) is 0 Å². The van der Waals surface area contributed by atoms with Gasteiger partial charge in [0.2, 0.25) is 0 Å². The van der Waals surface area contributed by atoms with Crippen LogP contribution in [0, 0.1) is 9.49 Å². The number of rotatable bonds is 15. The molecule has 0 radical (unpaired) electrons. The molecule has 0 spiro atoms. The summed E-state index contributed by atoms with van der Waals surface area (Å²) in [4.78, 5) is 19.2. The average molecular weight is 689 g/mol. The predicted octanol–water partition coefficient (Wildman–Crippen LogP) is 6.99. The third-order valence-corrected chi connectivity index (χ3v) is 11.4. The molecule has 11 heteroatoms. The number of nitrogens with zero attached hydrogens (tertiary/aromatic N) is 4. The lowest BCUT2D eigenvalue weighted by Gasteiger charge is -2.30. The molecule has 0 N–H and O–H groups in total. The summed E-state index contributed by atoms with van der Waals surface area (Å²) in [5.41, 5.74) is 1.98. The number of halogens is 1. The summed E-state index contributed by atoms with van der Waals surface area (Å²) in [5.74, 6) is 1.65. The molecular formula is C28H49IN4O4Si2. The first-order valence-corrected chi connectivity index (χ1v) is 23.0. The lowest BCUT2D eigenvalue weighted by molar-refractivity contribution is -0.144. The lowest BCUT2D eigenvalue weighted by atomic mass is 9.79. The highest BCUT2D eigenvalue weighted by atomic mass is 127. The molecule has 0 aliphatic heterocycles. The van der Waals surface area contributed by atoms with Gasteiger partial charge in [-0.3, -0.25) is 4.79 Å². The summed E-state index contributed by atoms with van der Waals surface area (Å²) in [6.07, 6.45) is 6.49. The molecule has 0 bridgehead atoms. The van der Waals surface area contributed by atoms with E-state index in [-0.39, 0.29) is 5.97 Å². The smallest absolute Gasteiger partial charge is 0.306 e. The Morgan fingerprint density at radius 3 is 2.15 bits per heavy atom. The fourth-order valence-electron chi connectivity index (χ4n) is 4.77. The highest BCUT2D eigenvalue weighted by Gasteiger charge is 2.27. The van der Waals surface area contributed by atoms with Crippen LogP contribution in [0.25, 0.3) is 5.65 Å². The molecule has 8 nitrogen and oxygen atoms in total. The van der Waals surface area contributed by atoms with E-state index >= 15 is 0 Å². The number of hydrogen-bond donors (Lipinski definition) is 0. The van der Waals surface area contributed by atoms with Crippen molar-refractivity contribution in [2.75, 3.05) is 38.2 Å². The van der Waals surface area contributed by atoms with Crippen molar-refractivity contribution in [1.29, 1.82) is 0 Å². The summed E-state index contributed by atoms with van der Waals surface area (Å²) in [5, 5.41) is 4.68. The van der Waals surface area contributed by atoms with Crippen LogP contribution in [0.4, 0.5) is 5.82 Å². The van der Waals surface area contributed by atoms with Crippen LogP contribution in [0.3, 0.4) is 0 Å². The second-order valence-electron chi connectivity index (χ2n) is 13.2. The summed E-state index contributed by atoms with van der Waals surface area (Å²) >= 11 is 2.32. The van der Waals surface area contributed by atoms with E-state index < -0.39 is 16.1 Å². The maximum Gasteiger partial charge on any atom is 0.306 e. The first kappa shape index (κ1) is 32.5. The third kappa shape index (κ3) is 10.7. The fourth-order valence-corrected chi connectivity index (χ4v) is 6.75. The van der Waals surface area contributed by atoms with Crippen LogP contribution in [0.1, 0.15) is 50.6 Å². The Morgan fingerprint density at radius 2 is 1.62 bits per heavy atom. The molecule has 0 amide bonds. The van der Waals surface area contributed by atoms with E-state index in [2.05, 4.69) is 77.9 Å². The number of aromatic nitrogens is 3. The third-order valence-electron chi connectivity index (χ3n) is 7.27. The van der Waals surface area contributed by atoms with Crippen LogP contribution in [0.2, 0.25) is 51.4 Å². The van der Waals surface area contributed by atoms with Crippen molar-refractivity contribution in [2.45, 2.75) is 96.3 Å². The summed E-state index contributed by atoms with van der Waals surface area (Å²) in [7, 11) is -2.36. The molecule has 1 aliphatic rings. The van der Waals surface area contributed by atoms with E-state index in [9.17, 15) is 4.79 Å². The van der Waals surface area contributed by atoms with Crippen molar-refractivity contribution < 1.29 is 19.0 Å². The number of fused-ring (bicyclic) bond motifs is 1. The van der Waals surface area contributed by atoms with E-state index in [1.54, 1.807) is 0 Å². The Bertz CT molecular complexity index is 1040. The Balaban J connectivity index is 1.79. The molecule has 1 saturated carbocycles. The van der Waals surface area contributed by atoms with Gasteiger partial charge in [0.05, 0.1) is 16.4 Å². The lowest BCUT2D eigenvalue weighted by Crippen LogP contribution is -2.33. The minimum absolute atomic E-state index is 0.0736. The predicted molar refractivity (Wildman–Crippen MR) is 172 cm³/mol. The van der Waals surface area contributed by atoms with Crippen molar-refractivity contribution in [1.82, 2.24) is 14.6 Å². The Hall–Kier alpha value is -1.03. The minimum Gasteiger partial charge on any atom is -0.466 e. The SMILES string of the molecule is CCOC(=O)CC1CCC(c2cc(N(COCC[Si](C)(C)C)COCC[Si](C)(C)C)n3ncc(I)c3n2)CC1. The maximum absolute atomic E-state index is 12.0. The van der Waals surface area contributed by atoms with Gasteiger partial charge in [0.25, 0.3) is 0 Å². The van der Waals surface area contributed by atoms with Gasteiger partial charge in [0, 0.05) is 53.5 Å². The molecule has 0 saturated heterocycles. The minimum atomic E-state index is -1.18. The molecule has 0 aromatic carbocycles. The number of ether oxygens (including phenoxy) is 3. The van der Waals surface area contributed by atoms with Gasteiger partial charge in [0.15, 0.2) is 5.65 Å². The van der Waals surface area contributed by atoms with E-state index in [0.717, 1.165) is 71.7 Å². The van der Waals surface area contributed by atoms with Gasteiger partial charge in [-0.2, -0.15) is 9.61 Å². The summed E-state index contributed by atoms with van der Waals surface area (Å²) in [6, 6.07) is 4.45. The normalized spacial score (nSPS) is 18.5. The first-order chi connectivity index (χ1) is 18.4. The summed E-state index contributed by atoms with van der Waals surface area (Å²) in [6.45, 7) is 19.0. The quantitative estimate of drug-likeness (QED) is 0.0657. The Labute approximate surface area is 250 Å². The number of carbonyl (C=O) groups is 1. The van der Waals surface area contributed by atoms with Gasteiger partial charge in [-0.05, 0) is 73.2 Å². The van der Waals surface area contributed by atoms with Crippen molar-refractivity contribution in [3.05, 3.63) is 21.5 Å². The van der Waals surface area contributed by atoms with Gasteiger partial charge in [-0.15, -0.1) is 0 Å². The highest BCUT2D eigenvalue weighted by Crippen LogP contribution is 2.38. The number of anilines is 1. The van der Waals surface area contributed by atoms with Crippen molar-refractivity contribution >= 4 is 56.2 Å². The fraction of sp³-hybridized carbons (Fsp3) is 0.750. The van der Waals surface area contributed by atoms with E-state index in [1.807, 2.05) is 17.6 Å². The average Bonchev–Trinajstić information content (AvgIpc) is 3.22. The molecule has 39 heavy (non-hydrogen) atoms. The second kappa shape index (κ2) is 14.7. The second-order valence-corrected chi connectivity index (χ2v) is 25.6. The molecule has 3 rings (SSSR count). The molecule has 1 aliphatic carbocycles. The number of esters is 1. The Kier molecular flexibility index (Phi) is 12.3. The van der Waals surface area contributed by atoms with Crippen LogP contribution in [-0.2, 0) is 19.0 Å². The van der Waals surface area contributed by atoms with Crippen LogP contribution in [0.15, 0.2) is 12.3 Å². The maximum atomic E-state index is 12.0. The zero-order valence-corrected chi connectivity index (χ0v) is 29.3. The van der Waals surface area contributed by atoms with Gasteiger partial charge in [0.1, 0.15) is 19.3 Å². The molecule has 2 aromatic heterocycles. The molecule has 0 unspecified atom stereocenters. The molecule has 1 fully saturated rings. The van der Waals surface area contributed by atoms with Crippen LogP contribution >= 0.6 is 22.6 Å². The molecule has 2 aromatic rings. The van der Waals surface area contributed by atoms with Crippen LogP contribution < -0.4 is 4.90 Å². The van der Waals surface area contributed by atoms with E-state index in [1.165, 1.54) is 0 Å². The summed E-state index contributed by atoms with van der Waals surface area (Å²) < 4.78 is 20.6. The zero-order chi connectivity index (χ0) is 28.6. The van der Waals surface area contributed by atoms with Gasteiger partial charge in [-0.1, -0.05) is 39.3 Å². The largest absolute Gasteiger partial charge is 0.466 e. The molecule has 220 valence electrons. The van der Waals surface area contributed by atoms with Crippen molar-refractivity contribution in [2.24, 2.45) is 5.92 Å². The Morgan fingerprint density at radius 1 is 1.03 bits per heavy atom. The van der Waals surface area contributed by atoms with E-state index in [0.29, 0.717) is 38.3 Å². The topological polar surface area (TPSA) is 78.2 Å². The van der Waals surface area contributed by atoms with Crippen LogP contribution in [-0.4, -0.2) is 70.0 Å². The van der Waals surface area contributed by atoms with Gasteiger partial charge >= 0.3 is 5.97 Å². The highest BCUT2D eigenvalue weighted by molar-refractivity contribution is 14.1. The molecule has 0 atom stereocenters. The first-order valence-electron chi connectivity index (χ1n) is 14.5. The number of hydrogen-bond acceptors (Lipinski definition) is 7. The van der Waals surface area contributed by atoms with E-state index in [4.69, 9.17) is 19.2 Å². The standard InChI is InChI=1S/C28H49IN4O4Si2/c1-8-37-27(34)17-22-9-11-23(12-10-22)25-18-26(33-28(31-25)24(29)19-30-33)32(20-35-13-15-38(2,3)4)21-36-14-16-39(5,6)7/h18-19,22-23H,8-17,20-21H2,1-7H3. The monoisotopic (exact) mass is 688 g/mol. The van der Waals surface area contributed by atoms with Crippen LogP contribution in [0.5, 0.6) is 0 Å².